The lowest BCUT2D eigenvalue weighted by atomic mass is 9.95. The predicted octanol–water partition coefficient (Wildman–Crippen LogP) is 3.89. The Hall–Kier alpha value is -3.99. The van der Waals surface area contributed by atoms with Gasteiger partial charge in [0.25, 0.3) is 0 Å². The minimum Gasteiger partial charge on any atom is -0.493 e. The molecule has 2 aromatic carbocycles. The minimum absolute atomic E-state index is 0.530. The molecule has 0 fully saturated rings. The summed E-state index contributed by atoms with van der Waals surface area (Å²) in [5.41, 5.74) is 3.54. The number of ether oxygens (including phenoxy) is 2. The molecule has 2 heterocycles. The van der Waals surface area contributed by atoms with Crippen LogP contribution in [0.1, 0.15) is 41.9 Å². The van der Waals surface area contributed by atoms with Gasteiger partial charge in [0.2, 0.25) is 0 Å². The lowest BCUT2D eigenvalue weighted by Gasteiger charge is -2.14. The lowest BCUT2D eigenvalue weighted by molar-refractivity contribution is 0.354. The summed E-state index contributed by atoms with van der Waals surface area (Å²) in [4.78, 5) is 9.46. The van der Waals surface area contributed by atoms with Crippen molar-refractivity contribution in [3.05, 3.63) is 71.2 Å². The van der Waals surface area contributed by atoms with Gasteiger partial charge in [-0.05, 0) is 29.7 Å². The highest BCUT2D eigenvalue weighted by Crippen LogP contribution is 2.34. The molecule has 0 saturated carbocycles. The normalized spacial score (nSPS) is 11.8. The average molecular weight is 428 g/mol. The number of nitriles is 1. The number of aromatic nitrogens is 5. The van der Waals surface area contributed by atoms with Crippen molar-refractivity contribution in [2.24, 2.45) is 0 Å². The summed E-state index contributed by atoms with van der Waals surface area (Å²) >= 11 is 0. The van der Waals surface area contributed by atoms with Crippen LogP contribution in [0.4, 0.5) is 0 Å². The predicted molar refractivity (Wildman–Crippen MR) is 120 cm³/mol. The fourth-order valence-electron chi connectivity index (χ4n) is 3.65. The largest absolute Gasteiger partial charge is 0.493 e. The van der Waals surface area contributed by atoms with Crippen molar-refractivity contribution in [3.63, 3.8) is 0 Å². The monoisotopic (exact) mass is 428 g/mol. The molecule has 0 aliphatic rings. The van der Waals surface area contributed by atoms with Gasteiger partial charge in [-0.25, -0.2) is 14.6 Å². The second-order valence-corrected chi connectivity index (χ2v) is 7.36. The third-order valence-electron chi connectivity index (χ3n) is 5.23. The summed E-state index contributed by atoms with van der Waals surface area (Å²) in [6.45, 7) is 2.61. The van der Waals surface area contributed by atoms with Crippen LogP contribution in [0.5, 0.6) is 11.5 Å². The maximum absolute atomic E-state index is 10.1. The first-order valence-electron chi connectivity index (χ1n) is 10.4. The summed E-state index contributed by atoms with van der Waals surface area (Å²) in [6, 6.07) is 17.8. The Labute approximate surface area is 186 Å². The van der Waals surface area contributed by atoms with Gasteiger partial charge in [-0.3, -0.25) is 0 Å². The van der Waals surface area contributed by atoms with Gasteiger partial charge < -0.3 is 9.47 Å². The molecule has 1 atom stereocenters. The van der Waals surface area contributed by atoms with Crippen molar-refractivity contribution in [2.45, 2.75) is 32.2 Å². The van der Waals surface area contributed by atoms with Crippen molar-refractivity contribution in [1.29, 1.82) is 5.26 Å². The van der Waals surface area contributed by atoms with Gasteiger partial charge in [0, 0.05) is 6.42 Å². The molecule has 2 aromatic heterocycles. The second kappa shape index (κ2) is 9.43. The van der Waals surface area contributed by atoms with Gasteiger partial charge in [0.15, 0.2) is 22.7 Å². The van der Waals surface area contributed by atoms with E-state index in [9.17, 15) is 5.26 Å². The van der Waals surface area contributed by atoms with Crippen molar-refractivity contribution in [2.75, 3.05) is 14.2 Å². The number of rotatable bonds is 8. The van der Waals surface area contributed by atoms with E-state index in [1.54, 1.807) is 31.0 Å². The first-order chi connectivity index (χ1) is 15.7. The van der Waals surface area contributed by atoms with Gasteiger partial charge in [-0.15, -0.1) is 5.10 Å². The number of benzene rings is 2. The Kier molecular flexibility index (Phi) is 6.26. The van der Waals surface area contributed by atoms with Crippen LogP contribution in [0.25, 0.3) is 11.2 Å². The van der Waals surface area contributed by atoms with Crippen molar-refractivity contribution < 1.29 is 9.47 Å². The summed E-state index contributed by atoms with van der Waals surface area (Å²) in [5, 5.41) is 18.8. The molecule has 4 rings (SSSR count). The maximum Gasteiger partial charge on any atom is 0.182 e. The highest BCUT2D eigenvalue weighted by Gasteiger charge is 2.24. The van der Waals surface area contributed by atoms with Crippen LogP contribution in [-0.2, 0) is 13.0 Å². The average Bonchev–Trinajstić information content (AvgIpc) is 3.23. The van der Waals surface area contributed by atoms with Gasteiger partial charge in [-0.1, -0.05) is 48.5 Å². The zero-order valence-electron chi connectivity index (χ0n) is 18.3. The van der Waals surface area contributed by atoms with Crippen LogP contribution in [0.2, 0.25) is 0 Å². The number of aryl methyl sites for hydroxylation is 1. The molecule has 0 bridgehead atoms. The van der Waals surface area contributed by atoms with E-state index in [0.29, 0.717) is 47.1 Å². The van der Waals surface area contributed by atoms with Crippen LogP contribution in [-0.4, -0.2) is 39.2 Å². The van der Waals surface area contributed by atoms with Gasteiger partial charge in [-0.2, -0.15) is 5.26 Å². The Morgan fingerprint density at radius 1 is 1.03 bits per heavy atom. The molecule has 0 radical (unpaired) electrons. The Bertz CT molecular complexity index is 1260. The summed E-state index contributed by atoms with van der Waals surface area (Å²) < 4.78 is 12.5. The third kappa shape index (κ3) is 4.10. The van der Waals surface area contributed by atoms with Crippen molar-refractivity contribution in [1.82, 2.24) is 25.0 Å². The smallest absolute Gasteiger partial charge is 0.182 e. The molecule has 0 amide bonds. The minimum atomic E-state index is -0.655. The van der Waals surface area contributed by atoms with Gasteiger partial charge in [0.05, 0.1) is 32.5 Å². The molecular weight excluding hydrogens is 404 g/mol. The quantitative estimate of drug-likeness (QED) is 0.420. The van der Waals surface area contributed by atoms with Crippen LogP contribution < -0.4 is 9.47 Å². The molecule has 0 saturated heterocycles. The highest BCUT2D eigenvalue weighted by atomic mass is 16.5. The lowest BCUT2D eigenvalue weighted by Crippen LogP contribution is -2.09. The van der Waals surface area contributed by atoms with Crippen LogP contribution in [0.3, 0.4) is 0 Å². The molecule has 8 nitrogen and oxygen atoms in total. The van der Waals surface area contributed by atoms with Crippen molar-refractivity contribution in [3.8, 4) is 17.6 Å². The molecule has 1 unspecified atom stereocenters. The Morgan fingerprint density at radius 2 is 1.81 bits per heavy atom. The number of fused-ring (bicyclic) bond motifs is 1. The zero-order valence-corrected chi connectivity index (χ0v) is 18.3. The molecule has 0 aliphatic heterocycles. The van der Waals surface area contributed by atoms with E-state index < -0.39 is 5.92 Å². The van der Waals surface area contributed by atoms with E-state index in [1.165, 1.54) is 0 Å². The second-order valence-electron chi connectivity index (χ2n) is 7.36. The first kappa shape index (κ1) is 21.2. The molecular formula is C24H24N6O2. The highest BCUT2D eigenvalue weighted by molar-refractivity contribution is 5.74. The van der Waals surface area contributed by atoms with Crippen molar-refractivity contribution >= 4 is 11.2 Å². The van der Waals surface area contributed by atoms with E-state index in [-0.39, 0.29) is 0 Å². The van der Waals surface area contributed by atoms with Crippen LogP contribution >= 0.6 is 0 Å². The number of nitrogens with zero attached hydrogens (tertiary/aromatic N) is 6. The summed E-state index contributed by atoms with van der Waals surface area (Å²) in [7, 11) is 3.15. The fourth-order valence-corrected chi connectivity index (χ4v) is 3.65. The van der Waals surface area contributed by atoms with E-state index in [1.807, 2.05) is 36.4 Å². The van der Waals surface area contributed by atoms with E-state index >= 15 is 0 Å². The van der Waals surface area contributed by atoms with E-state index in [0.717, 1.165) is 17.5 Å². The van der Waals surface area contributed by atoms with Gasteiger partial charge in [0.1, 0.15) is 11.7 Å². The SMILES string of the molecule is CCCc1nc(C(C#N)c2ccc(OC)c(OC)c2)c2nnn(Cc3ccccc3)c2n1. The number of hydrogen-bond donors (Lipinski definition) is 0. The Balaban J connectivity index is 1.84. The summed E-state index contributed by atoms with van der Waals surface area (Å²) in [5.74, 6) is 1.17. The van der Waals surface area contributed by atoms with E-state index in [4.69, 9.17) is 19.4 Å². The molecule has 32 heavy (non-hydrogen) atoms. The molecule has 8 heteroatoms. The molecule has 0 spiro atoms. The standard InChI is InChI=1S/C24H24N6O2/c1-4-8-21-26-22(18(14-25)17-11-12-19(31-2)20(13-17)32-3)23-24(27-21)30(29-28-23)15-16-9-6-5-7-10-16/h5-7,9-13,18H,4,8,15H2,1-3H3. The number of hydrogen-bond acceptors (Lipinski definition) is 7. The first-order valence-corrected chi connectivity index (χ1v) is 10.4. The summed E-state index contributed by atoms with van der Waals surface area (Å²) in [6.07, 6.45) is 1.59. The molecule has 0 N–H and O–H groups in total. The van der Waals surface area contributed by atoms with E-state index in [2.05, 4.69) is 23.3 Å². The Morgan fingerprint density at radius 3 is 2.50 bits per heavy atom. The van der Waals surface area contributed by atoms with Crippen LogP contribution in [0.15, 0.2) is 48.5 Å². The van der Waals surface area contributed by atoms with Gasteiger partial charge >= 0.3 is 0 Å². The topological polar surface area (TPSA) is 98.7 Å². The molecule has 4 aromatic rings. The van der Waals surface area contributed by atoms with Crippen LogP contribution in [0, 0.1) is 11.3 Å². The number of methoxy groups -OCH3 is 2. The zero-order chi connectivity index (χ0) is 22.5. The molecule has 0 aliphatic carbocycles. The fraction of sp³-hybridized carbons (Fsp3) is 0.292. The maximum atomic E-state index is 10.1. The molecule has 162 valence electrons. The third-order valence-corrected chi connectivity index (χ3v) is 5.23.